The summed E-state index contributed by atoms with van der Waals surface area (Å²) in [5, 5.41) is 13.8. The first-order valence-corrected chi connectivity index (χ1v) is 10.4. The number of hydrogen-bond acceptors (Lipinski definition) is 7. The first-order chi connectivity index (χ1) is 15.0. The number of nitrogens with zero attached hydrogens (tertiary/aromatic N) is 3. The third-order valence-corrected chi connectivity index (χ3v) is 5.62. The minimum Gasteiger partial charge on any atom is -0.491 e. The van der Waals surface area contributed by atoms with Crippen LogP contribution in [0.3, 0.4) is 0 Å². The molecule has 9 nitrogen and oxygen atoms in total. The average molecular weight is 421 g/mol. The van der Waals surface area contributed by atoms with Crippen molar-refractivity contribution < 1.29 is 19.1 Å². The molecule has 2 aliphatic rings. The number of imide groups is 1. The van der Waals surface area contributed by atoms with Gasteiger partial charge >= 0.3 is 0 Å². The van der Waals surface area contributed by atoms with Gasteiger partial charge in [-0.1, -0.05) is 5.21 Å². The average Bonchev–Trinajstić information content (AvgIpc) is 3.22. The number of H-pyrrole nitrogens is 1. The van der Waals surface area contributed by atoms with Gasteiger partial charge in [-0.25, -0.2) is 4.90 Å². The largest absolute Gasteiger partial charge is 0.491 e. The van der Waals surface area contributed by atoms with Crippen LogP contribution in [0.2, 0.25) is 0 Å². The predicted molar refractivity (Wildman–Crippen MR) is 112 cm³/mol. The number of fused-ring (bicyclic) bond motifs is 2. The lowest BCUT2D eigenvalue weighted by Gasteiger charge is -2.47. The van der Waals surface area contributed by atoms with Crippen LogP contribution in [0.5, 0.6) is 11.5 Å². The molecule has 1 aromatic heterocycles. The molecule has 160 valence electrons. The van der Waals surface area contributed by atoms with Crippen molar-refractivity contribution in [2.24, 2.45) is 0 Å². The van der Waals surface area contributed by atoms with Crippen LogP contribution in [0, 0.1) is 0 Å². The topological polar surface area (TPSA) is 109 Å². The Morgan fingerprint density at radius 3 is 2.77 bits per heavy atom. The second-order valence-corrected chi connectivity index (χ2v) is 8.11. The maximum atomic E-state index is 13.7. The second-order valence-electron chi connectivity index (χ2n) is 8.11. The van der Waals surface area contributed by atoms with E-state index in [0.29, 0.717) is 54.1 Å². The SMILES string of the molecule is CC(C)Oc1ccc2c(c1)C(=O)N(C(=O)c1ccc3[nH]nnc3c1)C1(CCNCC1)O2. The zero-order chi connectivity index (χ0) is 21.6. The number of piperidine rings is 1. The first-order valence-electron chi connectivity index (χ1n) is 10.4. The fourth-order valence-electron chi connectivity index (χ4n) is 4.19. The third-order valence-electron chi connectivity index (χ3n) is 5.62. The Bertz CT molecular complexity index is 1170. The van der Waals surface area contributed by atoms with Gasteiger partial charge in [-0.3, -0.25) is 14.7 Å². The number of carbonyl (C=O) groups is 2. The summed E-state index contributed by atoms with van der Waals surface area (Å²) in [7, 11) is 0. The lowest BCUT2D eigenvalue weighted by atomic mass is 9.94. The van der Waals surface area contributed by atoms with Crippen molar-refractivity contribution in [3.8, 4) is 11.5 Å². The van der Waals surface area contributed by atoms with Crippen LogP contribution in [0.15, 0.2) is 36.4 Å². The summed E-state index contributed by atoms with van der Waals surface area (Å²) in [4.78, 5) is 28.6. The molecule has 0 unspecified atom stereocenters. The molecule has 2 N–H and O–H groups in total. The Morgan fingerprint density at radius 2 is 2.00 bits per heavy atom. The van der Waals surface area contributed by atoms with Crippen molar-refractivity contribution in [2.45, 2.75) is 38.5 Å². The van der Waals surface area contributed by atoms with Crippen LogP contribution < -0.4 is 14.8 Å². The highest BCUT2D eigenvalue weighted by Gasteiger charge is 2.51. The lowest BCUT2D eigenvalue weighted by Crippen LogP contribution is -2.64. The molecule has 0 saturated carbocycles. The number of carbonyl (C=O) groups excluding carboxylic acids is 2. The molecule has 1 saturated heterocycles. The summed E-state index contributed by atoms with van der Waals surface area (Å²) in [6, 6.07) is 10.2. The highest BCUT2D eigenvalue weighted by molar-refractivity contribution is 6.13. The van der Waals surface area contributed by atoms with Crippen LogP contribution in [0.25, 0.3) is 11.0 Å². The van der Waals surface area contributed by atoms with Gasteiger partial charge in [0.15, 0.2) is 5.72 Å². The van der Waals surface area contributed by atoms with Crippen molar-refractivity contribution in [2.75, 3.05) is 13.1 Å². The molecule has 0 atom stereocenters. The van der Waals surface area contributed by atoms with Crippen molar-refractivity contribution in [3.05, 3.63) is 47.5 Å². The summed E-state index contributed by atoms with van der Waals surface area (Å²) >= 11 is 0. The Hall–Kier alpha value is -3.46. The molecule has 2 aromatic carbocycles. The summed E-state index contributed by atoms with van der Waals surface area (Å²) < 4.78 is 12.1. The van der Waals surface area contributed by atoms with Gasteiger partial charge in [0.25, 0.3) is 11.8 Å². The van der Waals surface area contributed by atoms with E-state index in [4.69, 9.17) is 9.47 Å². The van der Waals surface area contributed by atoms with Gasteiger partial charge in [0.1, 0.15) is 17.0 Å². The highest BCUT2D eigenvalue weighted by atomic mass is 16.5. The standard InChI is InChI=1S/C22H23N5O4/c1-13(2)30-15-4-6-19-16(12-15)21(29)27(22(31-19)7-9-23-10-8-22)20(28)14-3-5-17-18(11-14)25-26-24-17/h3-6,11-13,23H,7-10H2,1-2H3,(H,24,25,26). The van der Waals surface area contributed by atoms with Gasteiger partial charge in [0.05, 0.1) is 17.2 Å². The van der Waals surface area contributed by atoms with E-state index in [-0.39, 0.29) is 12.0 Å². The smallest absolute Gasteiger partial charge is 0.267 e. The summed E-state index contributed by atoms with van der Waals surface area (Å²) in [5.41, 5.74) is 0.914. The number of nitrogens with one attached hydrogen (secondary N) is 2. The molecule has 2 aliphatic heterocycles. The number of aromatic amines is 1. The van der Waals surface area contributed by atoms with Crippen LogP contribution in [-0.2, 0) is 0 Å². The molecule has 5 rings (SSSR count). The van der Waals surface area contributed by atoms with E-state index >= 15 is 0 Å². The quantitative estimate of drug-likeness (QED) is 0.625. The molecular formula is C22H23N5O4. The zero-order valence-corrected chi connectivity index (χ0v) is 17.3. The number of rotatable bonds is 3. The summed E-state index contributed by atoms with van der Waals surface area (Å²) in [6.07, 6.45) is 0.959. The minimum atomic E-state index is -1.04. The molecule has 2 amide bonds. The van der Waals surface area contributed by atoms with Crippen molar-refractivity contribution in [3.63, 3.8) is 0 Å². The van der Waals surface area contributed by atoms with E-state index in [1.54, 1.807) is 36.4 Å². The zero-order valence-electron chi connectivity index (χ0n) is 17.3. The van der Waals surface area contributed by atoms with Crippen molar-refractivity contribution in [1.82, 2.24) is 25.6 Å². The molecule has 0 radical (unpaired) electrons. The van der Waals surface area contributed by atoms with Gasteiger partial charge < -0.3 is 14.8 Å². The van der Waals surface area contributed by atoms with Gasteiger partial charge in [-0.15, -0.1) is 5.10 Å². The molecule has 0 bridgehead atoms. The number of aromatic nitrogens is 3. The predicted octanol–water partition coefficient (Wildman–Crippen LogP) is 2.50. The van der Waals surface area contributed by atoms with Crippen molar-refractivity contribution >= 4 is 22.8 Å². The van der Waals surface area contributed by atoms with E-state index < -0.39 is 11.6 Å². The summed E-state index contributed by atoms with van der Waals surface area (Å²) in [5.74, 6) is 0.225. The maximum Gasteiger partial charge on any atom is 0.267 e. The van der Waals surface area contributed by atoms with Gasteiger partial charge in [-0.2, -0.15) is 0 Å². The van der Waals surface area contributed by atoms with Gasteiger partial charge in [0, 0.05) is 31.5 Å². The number of amides is 2. The van der Waals surface area contributed by atoms with Crippen LogP contribution in [0.4, 0.5) is 0 Å². The van der Waals surface area contributed by atoms with Crippen molar-refractivity contribution in [1.29, 1.82) is 0 Å². The highest BCUT2D eigenvalue weighted by Crippen LogP contribution is 2.40. The molecule has 9 heteroatoms. The summed E-state index contributed by atoms with van der Waals surface area (Å²) in [6.45, 7) is 5.11. The van der Waals surface area contributed by atoms with Crippen LogP contribution >= 0.6 is 0 Å². The van der Waals surface area contributed by atoms with Gasteiger partial charge in [0.2, 0.25) is 0 Å². The van der Waals surface area contributed by atoms with Gasteiger partial charge in [-0.05, 0) is 50.2 Å². The third kappa shape index (κ3) is 3.31. The molecule has 3 aromatic rings. The number of hydrogen-bond donors (Lipinski definition) is 2. The number of ether oxygens (including phenoxy) is 2. The molecular weight excluding hydrogens is 398 g/mol. The normalized spacial score (nSPS) is 17.6. The minimum absolute atomic E-state index is 0.0413. The Kier molecular flexibility index (Phi) is 4.62. The molecule has 1 fully saturated rings. The molecule has 31 heavy (non-hydrogen) atoms. The molecule has 0 aliphatic carbocycles. The van der Waals surface area contributed by atoms with E-state index in [0.717, 1.165) is 5.52 Å². The Balaban J connectivity index is 1.59. The van der Waals surface area contributed by atoms with Crippen LogP contribution in [0.1, 0.15) is 47.4 Å². The molecule has 3 heterocycles. The van der Waals surface area contributed by atoms with E-state index in [9.17, 15) is 9.59 Å². The van der Waals surface area contributed by atoms with E-state index in [2.05, 4.69) is 20.7 Å². The fourth-order valence-corrected chi connectivity index (χ4v) is 4.19. The monoisotopic (exact) mass is 421 g/mol. The second kappa shape index (κ2) is 7.35. The van der Waals surface area contributed by atoms with Crippen LogP contribution in [-0.4, -0.2) is 57.0 Å². The Morgan fingerprint density at radius 1 is 1.19 bits per heavy atom. The maximum absolute atomic E-state index is 13.7. The molecule has 1 spiro atoms. The number of benzene rings is 2. The first kappa shape index (κ1) is 19.5. The van der Waals surface area contributed by atoms with E-state index in [1.165, 1.54) is 4.90 Å². The Labute approximate surface area is 178 Å². The fraction of sp³-hybridized carbons (Fsp3) is 0.364. The van der Waals surface area contributed by atoms with E-state index in [1.807, 2.05) is 13.8 Å². The lowest BCUT2D eigenvalue weighted by molar-refractivity contribution is -0.0777.